The van der Waals surface area contributed by atoms with Crippen molar-refractivity contribution in [1.29, 1.82) is 0 Å². The molecule has 2 rings (SSSR count). The Balaban J connectivity index is 2.76. The molecule has 0 saturated carbocycles. The highest BCUT2D eigenvalue weighted by atomic mass is 79.9. The molecule has 2 aromatic rings. The van der Waals surface area contributed by atoms with E-state index in [0.717, 1.165) is 20.3 Å². The van der Waals surface area contributed by atoms with Crippen molar-refractivity contribution in [2.75, 3.05) is 0 Å². The maximum Gasteiger partial charge on any atom is 0.365 e. The predicted octanol–water partition coefficient (Wildman–Crippen LogP) is 3.07. The van der Waals surface area contributed by atoms with Gasteiger partial charge in [0.15, 0.2) is 0 Å². The zero-order chi connectivity index (χ0) is 10.3. The molecule has 0 radical (unpaired) electrons. The van der Waals surface area contributed by atoms with Gasteiger partial charge in [0.05, 0.1) is 10.2 Å². The van der Waals surface area contributed by atoms with Gasteiger partial charge in [0.25, 0.3) is 0 Å². The van der Waals surface area contributed by atoms with Crippen LogP contribution in [-0.4, -0.2) is 16.1 Å². The molecule has 5 heteroatoms. The number of aromatic nitrogens is 1. The number of carboxylic acids is 1. The van der Waals surface area contributed by atoms with Crippen LogP contribution in [0.25, 0.3) is 10.2 Å². The van der Waals surface area contributed by atoms with Crippen molar-refractivity contribution in [3.05, 3.63) is 27.2 Å². The SMILES string of the molecule is Cc1cc(Br)c2nc(C(=O)O)sc2c1. The maximum absolute atomic E-state index is 10.7. The first-order chi connectivity index (χ1) is 6.58. The highest BCUT2D eigenvalue weighted by Gasteiger charge is 2.12. The molecule has 0 unspecified atom stereocenters. The van der Waals surface area contributed by atoms with Crippen molar-refractivity contribution in [3.8, 4) is 0 Å². The minimum Gasteiger partial charge on any atom is -0.476 e. The monoisotopic (exact) mass is 271 g/mol. The van der Waals surface area contributed by atoms with Crippen LogP contribution in [0, 0.1) is 6.92 Å². The van der Waals surface area contributed by atoms with E-state index in [1.807, 2.05) is 19.1 Å². The summed E-state index contributed by atoms with van der Waals surface area (Å²) in [6.45, 7) is 1.96. The van der Waals surface area contributed by atoms with Gasteiger partial charge in [-0.3, -0.25) is 0 Å². The van der Waals surface area contributed by atoms with Gasteiger partial charge in [-0.2, -0.15) is 0 Å². The summed E-state index contributed by atoms with van der Waals surface area (Å²) in [5.74, 6) is -0.976. The van der Waals surface area contributed by atoms with Crippen LogP contribution >= 0.6 is 27.3 Å². The van der Waals surface area contributed by atoms with Crippen molar-refractivity contribution >= 4 is 43.5 Å². The second kappa shape index (κ2) is 3.33. The zero-order valence-corrected chi connectivity index (χ0v) is 9.65. The molecule has 0 fully saturated rings. The van der Waals surface area contributed by atoms with Gasteiger partial charge in [-0.05, 0) is 40.5 Å². The van der Waals surface area contributed by atoms with Crippen molar-refractivity contribution in [2.45, 2.75) is 6.92 Å². The molecule has 1 aromatic heterocycles. The number of benzene rings is 1. The van der Waals surface area contributed by atoms with Crippen molar-refractivity contribution in [3.63, 3.8) is 0 Å². The summed E-state index contributed by atoms with van der Waals surface area (Å²) in [6.07, 6.45) is 0. The van der Waals surface area contributed by atoms with Gasteiger partial charge < -0.3 is 5.11 Å². The number of halogens is 1. The molecular formula is C9H6BrNO2S. The average Bonchev–Trinajstić information content (AvgIpc) is 2.47. The summed E-state index contributed by atoms with van der Waals surface area (Å²) in [5.41, 5.74) is 1.81. The Kier molecular flexibility index (Phi) is 2.28. The fraction of sp³-hybridized carbons (Fsp3) is 0.111. The van der Waals surface area contributed by atoms with E-state index in [2.05, 4.69) is 20.9 Å². The molecule has 1 heterocycles. The quantitative estimate of drug-likeness (QED) is 0.867. The molecular weight excluding hydrogens is 266 g/mol. The highest BCUT2D eigenvalue weighted by molar-refractivity contribution is 9.10. The largest absolute Gasteiger partial charge is 0.476 e. The standard InChI is InChI=1S/C9H6BrNO2S/c1-4-2-5(10)7-6(3-4)14-8(11-7)9(12)13/h2-3H,1H3,(H,12,13). The average molecular weight is 272 g/mol. The van der Waals surface area contributed by atoms with E-state index in [9.17, 15) is 4.79 Å². The number of rotatable bonds is 1. The summed E-state index contributed by atoms with van der Waals surface area (Å²) in [5, 5.41) is 8.91. The molecule has 0 spiro atoms. The molecule has 0 amide bonds. The zero-order valence-electron chi connectivity index (χ0n) is 7.24. The topological polar surface area (TPSA) is 50.2 Å². The molecule has 14 heavy (non-hydrogen) atoms. The first-order valence-electron chi connectivity index (χ1n) is 3.88. The Hall–Kier alpha value is -0.940. The lowest BCUT2D eigenvalue weighted by Gasteiger charge is -1.94. The number of hydrogen-bond acceptors (Lipinski definition) is 3. The molecule has 0 bridgehead atoms. The van der Waals surface area contributed by atoms with E-state index in [-0.39, 0.29) is 5.01 Å². The number of aryl methyl sites for hydroxylation is 1. The molecule has 0 aliphatic rings. The molecule has 1 aromatic carbocycles. The number of nitrogens with zero attached hydrogens (tertiary/aromatic N) is 1. The number of fused-ring (bicyclic) bond motifs is 1. The molecule has 0 atom stereocenters. The molecule has 0 saturated heterocycles. The molecule has 72 valence electrons. The Bertz CT molecular complexity index is 521. The van der Waals surface area contributed by atoms with Crippen LogP contribution < -0.4 is 0 Å². The highest BCUT2D eigenvalue weighted by Crippen LogP contribution is 2.29. The molecule has 3 nitrogen and oxygen atoms in total. The molecule has 0 aliphatic carbocycles. The lowest BCUT2D eigenvalue weighted by atomic mass is 10.2. The van der Waals surface area contributed by atoms with Crippen LogP contribution in [0.1, 0.15) is 15.4 Å². The van der Waals surface area contributed by atoms with E-state index in [4.69, 9.17) is 5.11 Å². The van der Waals surface area contributed by atoms with Gasteiger partial charge in [-0.1, -0.05) is 0 Å². The molecule has 0 aliphatic heterocycles. The normalized spacial score (nSPS) is 10.7. The van der Waals surface area contributed by atoms with Crippen LogP contribution in [0.3, 0.4) is 0 Å². The Labute approximate surface area is 92.5 Å². The van der Waals surface area contributed by atoms with E-state index in [0.29, 0.717) is 0 Å². The minimum absolute atomic E-state index is 0.131. The second-order valence-electron chi connectivity index (χ2n) is 2.92. The summed E-state index contributed by atoms with van der Waals surface area (Å²) in [4.78, 5) is 14.7. The van der Waals surface area contributed by atoms with Crippen LogP contribution in [0.5, 0.6) is 0 Å². The Morgan fingerprint density at radius 2 is 2.29 bits per heavy atom. The predicted molar refractivity (Wildman–Crippen MR) is 59.0 cm³/mol. The van der Waals surface area contributed by atoms with Crippen LogP contribution in [-0.2, 0) is 0 Å². The van der Waals surface area contributed by atoms with Gasteiger partial charge in [0.1, 0.15) is 0 Å². The first kappa shape index (κ1) is 9.61. The lowest BCUT2D eigenvalue weighted by Crippen LogP contribution is -1.93. The van der Waals surface area contributed by atoms with E-state index in [1.54, 1.807) is 0 Å². The number of aromatic carboxylic acids is 1. The lowest BCUT2D eigenvalue weighted by molar-refractivity contribution is 0.0696. The van der Waals surface area contributed by atoms with Crippen LogP contribution in [0.2, 0.25) is 0 Å². The minimum atomic E-state index is -0.976. The third-order valence-electron chi connectivity index (χ3n) is 1.78. The third kappa shape index (κ3) is 1.53. The summed E-state index contributed by atoms with van der Waals surface area (Å²) in [7, 11) is 0. The van der Waals surface area contributed by atoms with E-state index in [1.165, 1.54) is 11.3 Å². The van der Waals surface area contributed by atoms with Gasteiger partial charge >= 0.3 is 5.97 Å². The number of carbonyl (C=O) groups is 1. The third-order valence-corrected chi connectivity index (χ3v) is 3.37. The van der Waals surface area contributed by atoms with Crippen molar-refractivity contribution in [1.82, 2.24) is 4.98 Å². The van der Waals surface area contributed by atoms with Gasteiger partial charge in [0.2, 0.25) is 5.01 Å². The maximum atomic E-state index is 10.7. The van der Waals surface area contributed by atoms with Crippen molar-refractivity contribution < 1.29 is 9.90 Å². The fourth-order valence-electron chi connectivity index (χ4n) is 1.21. The first-order valence-corrected chi connectivity index (χ1v) is 5.49. The Morgan fingerprint density at radius 3 is 2.93 bits per heavy atom. The molecule has 1 N–H and O–H groups in total. The number of thiazole rings is 1. The van der Waals surface area contributed by atoms with E-state index < -0.39 is 5.97 Å². The van der Waals surface area contributed by atoms with Gasteiger partial charge in [-0.25, -0.2) is 9.78 Å². The van der Waals surface area contributed by atoms with Gasteiger partial charge in [-0.15, -0.1) is 11.3 Å². The van der Waals surface area contributed by atoms with Crippen molar-refractivity contribution in [2.24, 2.45) is 0 Å². The summed E-state index contributed by atoms with van der Waals surface area (Å²) in [6, 6.07) is 3.86. The van der Waals surface area contributed by atoms with Crippen LogP contribution in [0.4, 0.5) is 0 Å². The summed E-state index contributed by atoms with van der Waals surface area (Å²) < 4.78 is 1.74. The van der Waals surface area contributed by atoms with E-state index >= 15 is 0 Å². The Morgan fingerprint density at radius 1 is 1.57 bits per heavy atom. The smallest absolute Gasteiger partial charge is 0.365 e. The number of hydrogen-bond donors (Lipinski definition) is 1. The number of carboxylic acid groups (broad SMARTS) is 1. The van der Waals surface area contributed by atoms with Crippen LogP contribution in [0.15, 0.2) is 16.6 Å². The van der Waals surface area contributed by atoms with Gasteiger partial charge in [0, 0.05) is 4.47 Å². The summed E-state index contributed by atoms with van der Waals surface area (Å²) >= 11 is 4.55. The second-order valence-corrected chi connectivity index (χ2v) is 4.80. The fourth-order valence-corrected chi connectivity index (χ4v) is 2.93.